The Morgan fingerprint density at radius 3 is 2.71 bits per heavy atom. The number of nitrogens with one attached hydrogen (secondary N) is 1. The zero-order chi connectivity index (χ0) is 14.8. The summed E-state index contributed by atoms with van der Waals surface area (Å²) in [5.41, 5.74) is 2.87. The van der Waals surface area contributed by atoms with Gasteiger partial charge in [-0.25, -0.2) is 0 Å². The Kier molecular flexibility index (Phi) is 3.52. The molecule has 1 aliphatic rings. The molecule has 21 heavy (non-hydrogen) atoms. The number of phenolic OH excluding ortho intramolecular Hbond substituents is 1. The van der Waals surface area contributed by atoms with Crippen LogP contribution in [-0.4, -0.2) is 17.1 Å². The second-order valence-corrected chi connectivity index (χ2v) is 5.10. The molecule has 0 bridgehead atoms. The Morgan fingerprint density at radius 2 is 1.95 bits per heavy atom. The van der Waals surface area contributed by atoms with Crippen molar-refractivity contribution in [2.24, 2.45) is 0 Å². The summed E-state index contributed by atoms with van der Waals surface area (Å²) < 4.78 is 5.78. The standard InChI is InChI=1S/C17H17NO3/c1-2-11-5-3-4-6-12(11)9-16-17(20)18-14-10-13(19)7-8-15(14)21-16/h3-8,10,16,19H,2,9H2,1H3,(H,18,20). The first-order chi connectivity index (χ1) is 10.2. The van der Waals surface area contributed by atoms with Crippen molar-refractivity contribution in [2.45, 2.75) is 25.9 Å². The fraction of sp³-hybridized carbons (Fsp3) is 0.235. The van der Waals surface area contributed by atoms with Gasteiger partial charge in [-0.2, -0.15) is 0 Å². The van der Waals surface area contributed by atoms with Crippen molar-refractivity contribution < 1.29 is 14.6 Å². The molecule has 0 saturated carbocycles. The smallest absolute Gasteiger partial charge is 0.265 e. The summed E-state index contributed by atoms with van der Waals surface area (Å²) >= 11 is 0. The molecule has 108 valence electrons. The van der Waals surface area contributed by atoms with Gasteiger partial charge in [0.25, 0.3) is 5.91 Å². The molecule has 2 aromatic carbocycles. The Balaban J connectivity index is 1.84. The lowest BCUT2D eigenvalue weighted by molar-refractivity contribution is -0.123. The van der Waals surface area contributed by atoms with Crippen LogP contribution in [0.3, 0.4) is 0 Å². The van der Waals surface area contributed by atoms with E-state index in [0.29, 0.717) is 17.9 Å². The van der Waals surface area contributed by atoms with Crippen molar-refractivity contribution in [3.8, 4) is 11.5 Å². The molecule has 0 spiro atoms. The largest absolute Gasteiger partial charge is 0.508 e. The molecule has 1 aliphatic heterocycles. The minimum absolute atomic E-state index is 0.104. The van der Waals surface area contributed by atoms with Crippen LogP contribution in [0.15, 0.2) is 42.5 Å². The lowest BCUT2D eigenvalue weighted by Crippen LogP contribution is -2.38. The quantitative estimate of drug-likeness (QED) is 0.910. The van der Waals surface area contributed by atoms with Gasteiger partial charge in [0.1, 0.15) is 11.5 Å². The average molecular weight is 283 g/mol. The number of hydrogen-bond acceptors (Lipinski definition) is 3. The number of anilines is 1. The second kappa shape index (κ2) is 5.48. The molecule has 2 N–H and O–H groups in total. The van der Waals surface area contributed by atoms with Gasteiger partial charge in [-0.1, -0.05) is 31.2 Å². The topological polar surface area (TPSA) is 58.6 Å². The number of carbonyl (C=O) groups is 1. The Morgan fingerprint density at radius 1 is 1.19 bits per heavy atom. The summed E-state index contributed by atoms with van der Waals surface area (Å²) in [4.78, 5) is 12.2. The highest BCUT2D eigenvalue weighted by atomic mass is 16.5. The van der Waals surface area contributed by atoms with E-state index in [1.165, 1.54) is 11.6 Å². The Bertz CT molecular complexity index is 681. The first kappa shape index (κ1) is 13.5. The highest BCUT2D eigenvalue weighted by molar-refractivity contribution is 5.98. The third-order valence-corrected chi connectivity index (χ3v) is 3.69. The third kappa shape index (κ3) is 2.70. The highest BCUT2D eigenvalue weighted by Gasteiger charge is 2.28. The summed E-state index contributed by atoms with van der Waals surface area (Å²) in [6.07, 6.45) is 0.917. The van der Waals surface area contributed by atoms with Crippen LogP contribution in [0.5, 0.6) is 11.5 Å². The van der Waals surface area contributed by atoms with E-state index < -0.39 is 6.10 Å². The van der Waals surface area contributed by atoms with E-state index in [4.69, 9.17) is 4.74 Å². The van der Waals surface area contributed by atoms with E-state index >= 15 is 0 Å². The molecule has 1 atom stereocenters. The molecule has 0 aromatic heterocycles. The molecule has 2 aromatic rings. The van der Waals surface area contributed by atoms with Crippen molar-refractivity contribution in [2.75, 3.05) is 5.32 Å². The summed E-state index contributed by atoms with van der Waals surface area (Å²) in [6, 6.07) is 12.8. The molecule has 1 unspecified atom stereocenters. The molecule has 1 heterocycles. The van der Waals surface area contributed by atoms with Crippen LogP contribution in [0.2, 0.25) is 0 Å². The predicted molar refractivity (Wildman–Crippen MR) is 80.7 cm³/mol. The van der Waals surface area contributed by atoms with E-state index in [1.807, 2.05) is 18.2 Å². The molecule has 1 amide bonds. The van der Waals surface area contributed by atoms with Gasteiger partial charge in [0, 0.05) is 12.5 Å². The first-order valence-electron chi connectivity index (χ1n) is 7.04. The van der Waals surface area contributed by atoms with E-state index in [-0.39, 0.29) is 11.7 Å². The SMILES string of the molecule is CCc1ccccc1CC1Oc2ccc(O)cc2NC1=O. The number of hydrogen-bond donors (Lipinski definition) is 2. The summed E-state index contributed by atoms with van der Waals surface area (Å²) in [6.45, 7) is 2.10. The maximum absolute atomic E-state index is 12.2. The lowest BCUT2D eigenvalue weighted by Gasteiger charge is -2.26. The van der Waals surface area contributed by atoms with Crippen molar-refractivity contribution in [1.82, 2.24) is 0 Å². The number of fused-ring (bicyclic) bond motifs is 1. The van der Waals surface area contributed by atoms with Gasteiger partial charge in [0.15, 0.2) is 6.10 Å². The number of aryl methyl sites for hydroxylation is 1. The second-order valence-electron chi connectivity index (χ2n) is 5.10. The Labute approximate surface area is 123 Å². The van der Waals surface area contributed by atoms with Crippen LogP contribution in [0, 0.1) is 0 Å². The van der Waals surface area contributed by atoms with Crippen molar-refractivity contribution in [3.63, 3.8) is 0 Å². The van der Waals surface area contributed by atoms with Gasteiger partial charge >= 0.3 is 0 Å². The maximum atomic E-state index is 12.2. The third-order valence-electron chi connectivity index (χ3n) is 3.69. The zero-order valence-corrected chi connectivity index (χ0v) is 11.8. The van der Waals surface area contributed by atoms with E-state index in [2.05, 4.69) is 18.3 Å². The minimum Gasteiger partial charge on any atom is -0.508 e. The van der Waals surface area contributed by atoms with E-state index in [9.17, 15) is 9.90 Å². The van der Waals surface area contributed by atoms with Crippen LogP contribution in [0.25, 0.3) is 0 Å². The Hall–Kier alpha value is -2.49. The average Bonchev–Trinajstić information content (AvgIpc) is 2.49. The van der Waals surface area contributed by atoms with Crippen LogP contribution < -0.4 is 10.1 Å². The highest BCUT2D eigenvalue weighted by Crippen LogP contribution is 2.33. The van der Waals surface area contributed by atoms with Crippen LogP contribution in [-0.2, 0) is 17.6 Å². The number of ether oxygens (including phenoxy) is 1. The fourth-order valence-electron chi connectivity index (χ4n) is 2.57. The van der Waals surface area contributed by atoms with Crippen LogP contribution >= 0.6 is 0 Å². The number of carbonyl (C=O) groups excluding carboxylic acids is 1. The minimum atomic E-state index is -0.547. The monoisotopic (exact) mass is 283 g/mol. The molecular formula is C17H17NO3. The molecule has 0 aliphatic carbocycles. The van der Waals surface area contributed by atoms with Crippen LogP contribution in [0.1, 0.15) is 18.1 Å². The maximum Gasteiger partial charge on any atom is 0.265 e. The molecule has 4 heteroatoms. The van der Waals surface area contributed by atoms with Crippen LogP contribution in [0.4, 0.5) is 5.69 Å². The van der Waals surface area contributed by atoms with Gasteiger partial charge in [-0.05, 0) is 29.7 Å². The number of benzene rings is 2. The van der Waals surface area contributed by atoms with Crippen molar-refractivity contribution >= 4 is 11.6 Å². The molecular weight excluding hydrogens is 266 g/mol. The number of aromatic hydroxyl groups is 1. The van der Waals surface area contributed by atoms with Gasteiger partial charge in [-0.3, -0.25) is 4.79 Å². The molecule has 3 rings (SSSR count). The first-order valence-corrected chi connectivity index (χ1v) is 7.04. The van der Waals surface area contributed by atoms with Crippen molar-refractivity contribution in [1.29, 1.82) is 0 Å². The van der Waals surface area contributed by atoms with E-state index in [1.54, 1.807) is 12.1 Å². The lowest BCUT2D eigenvalue weighted by atomic mass is 9.99. The number of phenols is 1. The van der Waals surface area contributed by atoms with E-state index in [0.717, 1.165) is 12.0 Å². The molecule has 4 nitrogen and oxygen atoms in total. The number of rotatable bonds is 3. The molecule has 0 fully saturated rings. The number of amides is 1. The van der Waals surface area contributed by atoms with Gasteiger partial charge in [0.05, 0.1) is 5.69 Å². The summed E-state index contributed by atoms with van der Waals surface area (Å²) in [5.74, 6) is 0.512. The summed E-state index contributed by atoms with van der Waals surface area (Å²) in [7, 11) is 0. The molecule has 0 saturated heterocycles. The predicted octanol–water partition coefficient (Wildman–Crippen LogP) is 2.90. The fourth-order valence-corrected chi connectivity index (χ4v) is 2.57. The molecule has 0 radical (unpaired) electrons. The van der Waals surface area contributed by atoms with Gasteiger partial charge in [-0.15, -0.1) is 0 Å². The van der Waals surface area contributed by atoms with Gasteiger partial charge < -0.3 is 15.2 Å². The van der Waals surface area contributed by atoms with Crippen molar-refractivity contribution in [3.05, 3.63) is 53.6 Å². The normalized spacial score (nSPS) is 16.8. The summed E-state index contributed by atoms with van der Waals surface area (Å²) in [5, 5.41) is 12.2. The zero-order valence-electron chi connectivity index (χ0n) is 11.8. The van der Waals surface area contributed by atoms with Gasteiger partial charge in [0.2, 0.25) is 0 Å².